The second-order valence-electron chi connectivity index (χ2n) is 4.91. The Morgan fingerprint density at radius 2 is 2.39 bits per heavy atom. The number of nitrogens with zero attached hydrogens (tertiary/aromatic N) is 3. The quantitative estimate of drug-likeness (QED) is 0.756. The Morgan fingerprint density at radius 3 is 3.11 bits per heavy atom. The van der Waals surface area contributed by atoms with Gasteiger partial charge in [-0.15, -0.1) is 0 Å². The Kier molecular flexibility index (Phi) is 3.00. The molecule has 3 rings (SSSR count). The second kappa shape index (κ2) is 4.66. The lowest BCUT2D eigenvalue weighted by atomic mass is 10.2. The van der Waals surface area contributed by atoms with E-state index in [0.717, 1.165) is 32.5 Å². The minimum absolute atomic E-state index is 0.0656. The predicted molar refractivity (Wildman–Crippen MR) is 63.0 cm³/mol. The van der Waals surface area contributed by atoms with Crippen molar-refractivity contribution < 1.29 is 9.32 Å². The molecule has 2 aliphatic rings. The molecule has 2 heterocycles. The standard InChI is InChI=1S/C11H17N5O2/c1-16-5-4-12-6-8(16)9-14-11(18-15-9)10(17)13-7-2-3-7/h7-8,12H,2-6H2,1H3,(H,13,17). The van der Waals surface area contributed by atoms with Crippen LogP contribution in [0.1, 0.15) is 35.4 Å². The number of carbonyl (C=O) groups is 1. The third kappa shape index (κ3) is 2.37. The molecule has 7 heteroatoms. The van der Waals surface area contributed by atoms with Gasteiger partial charge in [-0.25, -0.2) is 0 Å². The van der Waals surface area contributed by atoms with Gasteiger partial charge in [-0.2, -0.15) is 4.98 Å². The number of aromatic nitrogens is 2. The number of amides is 1. The number of rotatable bonds is 3. The molecule has 1 aromatic rings. The van der Waals surface area contributed by atoms with Crippen LogP contribution in [0.4, 0.5) is 0 Å². The van der Waals surface area contributed by atoms with Crippen molar-refractivity contribution in [2.75, 3.05) is 26.7 Å². The average molecular weight is 251 g/mol. The molecule has 1 aromatic heterocycles. The minimum atomic E-state index is -0.261. The SMILES string of the molecule is CN1CCNCC1c1noc(C(=O)NC2CC2)n1. The van der Waals surface area contributed by atoms with Crippen molar-refractivity contribution in [3.05, 3.63) is 11.7 Å². The van der Waals surface area contributed by atoms with Gasteiger partial charge in [0, 0.05) is 25.7 Å². The second-order valence-corrected chi connectivity index (χ2v) is 4.91. The average Bonchev–Trinajstić information content (AvgIpc) is 3.04. The van der Waals surface area contributed by atoms with E-state index < -0.39 is 0 Å². The van der Waals surface area contributed by atoms with Gasteiger partial charge in [0.15, 0.2) is 5.82 Å². The van der Waals surface area contributed by atoms with Crippen molar-refractivity contribution in [3.8, 4) is 0 Å². The van der Waals surface area contributed by atoms with Crippen LogP contribution in [0.25, 0.3) is 0 Å². The van der Waals surface area contributed by atoms with Gasteiger partial charge in [-0.3, -0.25) is 9.69 Å². The maximum absolute atomic E-state index is 11.7. The van der Waals surface area contributed by atoms with Gasteiger partial charge in [0.05, 0.1) is 6.04 Å². The van der Waals surface area contributed by atoms with Crippen LogP contribution in [-0.2, 0) is 0 Å². The first-order valence-electron chi connectivity index (χ1n) is 6.29. The van der Waals surface area contributed by atoms with Gasteiger partial charge in [-0.1, -0.05) is 5.16 Å². The van der Waals surface area contributed by atoms with Crippen LogP contribution in [0.2, 0.25) is 0 Å². The van der Waals surface area contributed by atoms with E-state index >= 15 is 0 Å². The highest BCUT2D eigenvalue weighted by molar-refractivity contribution is 5.89. The van der Waals surface area contributed by atoms with E-state index in [2.05, 4.69) is 25.7 Å². The van der Waals surface area contributed by atoms with Gasteiger partial charge in [0.2, 0.25) is 0 Å². The third-order valence-corrected chi connectivity index (χ3v) is 3.36. The van der Waals surface area contributed by atoms with Gasteiger partial charge in [0.1, 0.15) is 0 Å². The van der Waals surface area contributed by atoms with Crippen LogP contribution >= 0.6 is 0 Å². The zero-order valence-electron chi connectivity index (χ0n) is 10.3. The van der Waals surface area contributed by atoms with Crippen LogP contribution in [0.5, 0.6) is 0 Å². The molecule has 0 bridgehead atoms. The van der Waals surface area contributed by atoms with Crippen LogP contribution in [0, 0.1) is 0 Å². The van der Waals surface area contributed by atoms with E-state index in [1.54, 1.807) is 0 Å². The normalized spacial score (nSPS) is 25.1. The maximum Gasteiger partial charge on any atom is 0.316 e. The Hall–Kier alpha value is -1.47. The Labute approximate surface area is 105 Å². The highest BCUT2D eigenvalue weighted by atomic mass is 16.5. The van der Waals surface area contributed by atoms with Crippen molar-refractivity contribution in [1.29, 1.82) is 0 Å². The van der Waals surface area contributed by atoms with Crippen molar-refractivity contribution >= 4 is 5.91 Å². The zero-order chi connectivity index (χ0) is 12.5. The summed E-state index contributed by atoms with van der Waals surface area (Å²) in [5.74, 6) is 0.379. The molecule has 1 amide bonds. The Balaban J connectivity index is 1.69. The molecule has 1 unspecified atom stereocenters. The summed E-state index contributed by atoms with van der Waals surface area (Å²) < 4.78 is 5.03. The van der Waals surface area contributed by atoms with E-state index in [9.17, 15) is 4.79 Å². The lowest BCUT2D eigenvalue weighted by Crippen LogP contribution is -2.44. The molecule has 1 saturated carbocycles. The first-order valence-corrected chi connectivity index (χ1v) is 6.29. The molecular formula is C11H17N5O2. The Bertz CT molecular complexity index is 442. The number of likely N-dealkylation sites (N-methyl/N-ethyl adjacent to an activating group) is 1. The smallest absolute Gasteiger partial charge is 0.316 e. The topological polar surface area (TPSA) is 83.3 Å². The van der Waals surface area contributed by atoms with E-state index in [1.807, 2.05) is 7.05 Å². The molecule has 1 saturated heterocycles. The number of piperazine rings is 1. The van der Waals surface area contributed by atoms with Crippen molar-refractivity contribution in [2.45, 2.75) is 24.9 Å². The summed E-state index contributed by atoms with van der Waals surface area (Å²) in [4.78, 5) is 18.1. The van der Waals surface area contributed by atoms with Crippen LogP contribution in [-0.4, -0.2) is 53.7 Å². The summed E-state index contributed by atoms with van der Waals surface area (Å²) in [6, 6.07) is 0.372. The molecule has 0 aromatic carbocycles. The van der Waals surface area contributed by atoms with Crippen molar-refractivity contribution in [2.24, 2.45) is 0 Å². The summed E-state index contributed by atoms with van der Waals surface area (Å²) in [5, 5.41) is 10.0. The minimum Gasteiger partial charge on any atom is -0.345 e. The van der Waals surface area contributed by atoms with Crippen LogP contribution in [0.15, 0.2) is 4.52 Å². The predicted octanol–water partition coefficient (Wildman–Crippen LogP) is -0.462. The molecular weight excluding hydrogens is 234 g/mol. The number of nitrogens with one attached hydrogen (secondary N) is 2. The molecule has 0 spiro atoms. The highest BCUT2D eigenvalue weighted by Gasteiger charge is 2.29. The number of carbonyl (C=O) groups excluding carboxylic acids is 1. The maximum atomic E-state index is 11.7. The van der Waals surface area contributed by atoms with Crippen molar-refractivity contribution in [1.82, 2.24) is 25.7 Å². The summed E-state index contributed by atoms with van der Waals surface area (Å²) in [7, 11) is 2.02. The van der Waals surface area contributed by atoms with E-state index in [4.69, 9.17) is 4.52 Å². The van der Waals surface area contributed by atoms with E-state index in [1.165, 1.54) is 0 Å². The van der Waals surface area contributed by atoms with E-state index in [-0.39, 0.29) is 17.8 Å². The fourth-order valence-electron chi connectivity index (χ4n) is 2.03. The zero-order valence-corrected chi connectivity index (χ0v) is 10.3. The molecule has 1 aliphatic carbocycles. The van der Waals surface area contributed by atoms with Gasteiger partial charge in [0.25, 0.3) is 0 Å². The summed E-state index contributed by atoms with van der Waals surface area (Å²) >= 11 is 0. The molecule has 18 heavy (non-hydrogen) atoms. The summed E-state index contributed by atoms with van der Waals surface area (Å²) in [6.45, 7) is 2.67. The molecule has 7 nitrogen and oxygen atoms in total. The van der Waals surface area contributed by atoms with Crippen LogP contribution < -0.4 is 10.6 Å². The molecule has 1 atom stereocenters. The van der Waals surface area contributed by atoms with Crippen molar-refractivity contribution in [3.63, 3.8) is 0 Å². The lowest BCUT2D eigenvalue weighted by molar-refractivity contribution is 0.0907. The lowest BCUT2D eigenvalue weighted by Gasteiger charge is -2.30. The third-order valence-electron chi connectivity index (χ3n) is 3.36. The highest BCUT2D eigenvalue weighted by Crippen LogP contribution is 2.20. The number of hydrogen-bond donors (Lipinski definition) is 2. The fraction of sp³-hybridized carbons (Fsp3) is 0.727. The van der Waals surface area contributed by atoms with Crippen LogP contribution in [0.3, 0.4) is 0 Å². The van der Waals surface area contributed by atoms with Gasteiger partial charge in [-0.05, 0) is 19.9 Å². The first kappa shape index (κ1) is 11.6. The molecule has 98 valence electrons. The largest absolute Gasteiger partial charge is 0.345 e. The number of hydrogen-bond acceptors (Lipinski definition) is 6. The first-order chi connectivity index (χ1) is 8.74. The molecule has 1 aliphatic heterocycles. The Morgan fingerprint density at radius 1 is 1.56 bits per heavy atom. The van der Waals surface area contributed by atoms with E-state index in [0.29, 0.717) is 11.9 Å². The summed E-state index contributed by atoms with van der Waals surface area (Å²) in [6.07, 6.45) is 2.09. The summed E-state index contributed by atoms with van der Waals surface area (Å²) in [5.41, 5.74) is 0. The molecule has 2 N–H and O–H groups in total. The van der Waals surface area contributed by atoms with Gasteiger partial charge < -0.3 is 15.2 Å². The fourth-order valence-corrected chi connectivity index (χ4v) is 2.03. The molecule has 2 fully saturated rings. The van der Waals surface area contributed by atoms with Gasteiger partial charge >= 0.3 is 11.8 Å². The molecule has 0 radical (unpaired) electrons. The monoisotopic (exact) mass is 251 g/mol.